The molecule has 0 aliphatic carbocycles. The maximum absolute atomic E-state index is 10.7. The van der Waals surface area contributed by atoms with Crippen molar-refractivity contribution in [3.63, 3.8) is 0 Å². The Bertz CT molecular complexity index is 366. The van der Waals surface area contributed by atoms with Crippen molar-refractivity contribution in [1.29, 1.82) is 0 Å². The van der Waals surface area contributed by atoms with Crippen LogP contribution in [0.15, 0.2) is 18.2 Å². The maximum atomic E-state index is 10.7. The fraction of sp³-hybridized carbons (Fsp3) is 0.400. The molecular weight excluding hydrogens is 196 g/mol. The highest BCUT2D eigenvalue weighted by Crippen LogP contribution is 2.27. The van der Waals surface area contributed by atoms with Crippen LogP contribution in [0.25, 0.3) is 0 Å². The van der Waals surface area contributed by atoms with Crippen molar-refractivity contribution in [2.45, 2.75) is 19.9 Å². The van der Waals surface area contributed by atoms with Crippen molar-refractivity contribution in [3.05, 3.63) is 33.9 Å². The molecule has 82 valence electrons. The summed E-state index contributed by atoms with van der Waals surface area (Å²) in [5.41, 5.74) is 1.31. The minimum absolute atomic E-state index is 0.0373. The molecule has 0 spiro atoms. The number of aliphatic hydroxyl groups excluding tert-OH is 1. The van der Waals surface area contributed by atoms with Gasteiger partial charge in [-0.05, 0) is 19.4 Å². The molecule has 0 aliphatic heterocycles. The number of hydrogen-bond donors (Lipinski definition) is 2. The van der Waals surface area contributed by atoms with E-state index in [4.69, 9.17) is 5.11 Å². The molecule has 15 heavy (non-hydrogen) atoms. The number of anilines is 1. The average molecular weight is 210 g/mol. The third-order valence-electron chi connectivity index (χ3n) is 2.11. The highest BCUT2D eigenvalue weighted by atomic mass is 16.6. The van der Waals surface area contributed by atoms with Gasteiger partial charge in [0.25, 0.3) is 5.69 Å². The van der Waals surface area contributed by atoms with Gasteiger partial charge < -0.3 is 10.4 Å². The van der Waals surface area contributed by atoms with Crippen LogP contribution in [0.4, 0.5) is 11.4 Å². The van der Waals surface area contributed by atoms with Crippen LogP contribution in [0.5, 0.6) is 0 Å². The van der Waals surface area contributed by atoms with Crippen LogP contribution >= 0.6 is 0 Å². The summed E-state index contributed by atoms with van der Waals surface area (Å²) in [4.78, 5) is 10.3. The molecule has 0 saturated carbocycles. The van der Waals surface area contributed by atoms with E-state index in [9.17, 15) is 10.1 Å². The van der Waals surface area contributed by atoms with Crippen LogP contribution in [0.3, 0.4) is 0 Å². The number of aryl methyl sites for hydroxylation is 1. The molecule has 1 rings (SSSR count). The zero-order valence-electron chi connectivity index (χ0n) is 8.73. The molecule has 1 aromatic rings. The van der Waals surface area contributed by atoms with E-state index in [0.29, 0.717) is 5.69 Å². The Morgan fingerprint density at radius 2 is 2.27 bits per heavy atom. The zero-order valence-corrected chi connectivity index (χ0v) is 8.73. The highest BCUT2D eigenvalue weighted by molar-refractivity contribution is 5.66. The van der Waals surface area contributed by atoms with Crippen molar-refractivity contribution in [2.24, 2.45) is 0 Å². The summed E-state index contributed by atoms with van der Waals surface area (Å²) in [5, 5.41) is 22.5. The minimum atomic E-state index is -0.431. The van der Waals surface area contributed by atoms with E-state index >= 15 is 0 Å². The Morgan fingerprint density at radius 1 is 1.60 bits per heavy atom. The van der Waals surface area contributed by atoms with Crippen LogP contribution in [0.1, 0.15) is 12.5 Å². The number of nitro groups is 1. The summed E-state index contributed by atoms with van der Waals surface area (Å²) in [7, 11) is 0. The fourth-order valence-corrected chi connectivity index (χ4v) is 1.28. The van der Waals surface area contributed by atoms with Gasteiger partial charge in [0.05, 0.1) is 11.5 Å². The monoisotopic (exact) mass is 210 g/mol. The fourth-order valence-electron chi connectivity index (χ4n) is 1.28. The normalized spacial score (nSPS) is 12.2. The smallest absolute Gasteiger partial charge is 0.292 e. The SMILES string of the molecule is Cc1cccc([N+](=O)[O-])c1NC(C)CO. The Hall–Kier alpha value is -1.62. The summed E-state index contributed by atoms with van der Waals surface area (Å²) < 4.78 is 0. The largest absolute Gasteiger partial charge is 0.394 e. The molecule has 2 N–H and O–H groups in total. The molecule has 0 amide bonds. The minimum Gasteiger partial charge on any atom is -0.394 e. The lowest BCUT2D eigenvalue weighted by atomic mass is 10.1. The Morgan fingerprint density at radius 3 is 2.80 bits per heavy atom. The molecule has 1 unspecified atom stereocenters. The zero-order chi connectivity index (χ0) is 11.4. The Kier molecular flexibility index (Phi) is 3.62. The van der Waals surface area contributed by atoms with E-state index in [2.05, 4.69) is 5.32 Å². The molecule has 0 fully saturated rings. The number of rotatable bonds is 4. The van der Waals surface area contributed by atoms with Gasteiger partial charge in [-0.15, -0.1) is 0 Å². The lowest BCUT2D eigenvalue weighted by molar-refractivity contribution is -0.384. The van der Waals surface area contributed by atoms with Crippen molar-refractivity contribution < 1.29 is 10.0 Å². The Balaban J connectivity index is 3.07. The summed E-state index contributed by atoms with van der Waals surface area (Å²) in [6.45, 7) is 3.49. The molecule has 0 bridgehead atoms. The van der Waals surface area contributed by atoms with Gasteiger partial charge in [-0.25, -0.2) is 0 Å². The first-order valence-electron chi connectivity index (χ1n) is 4.67. The molecule has 0 saturated heterocycles. The van der Waals surface area contributed by atoms with Gasteiger partial charge in [-0.2, -0.15) is 0 Å². The van der Waals surface area contributed by atoms with Crippen molar-refractivity contribution in [2.75, 3.05) is 11.9 Å². The molecular formula is C10H14N2O3. The summed E-state index contributed by atoms with van der Waals surface area (Å²) in [6, 6.07) is 4.67. The van der Waals surface area contributed by atoms with E-state index in [1.54, 1.807) is 26.0 Å². The topological polar surface area (TPSA) is 75.4 Å². The second kappa shape index (κ2) is 4.75. The molecule has 0 radical (unpaired) electrons. The first kappa shape index (κ1) is 11.5. The number of nitro benzene ring substituents is 1. The molecule has 1 atom stereocenters. The van der Waals surface area contributed by atoms with E-state index in [1.807, 2.05) is 0 Å². The molecule has 0 heterocycles. The maximum Gasteiger partial charge on any atom is 0.292 e. The number of aliphatic hydroxyl groups is 1. The molecule has 1 aromatic carbocycles. The van der Waals surface area contributed by atoms with Gasteiger partial charge in [-0.3, -0.25) is 10.1 Å². The van der Waals surface area contributed by atoms with Crippen LogP contribution < -0.4 is 5.32 Å². The summed E-state index contributed by atoms with van der Waals surface area (Å²) >= 11 is 0. The van der Waals surface area contributed by atoms with Crippen LogP contribution in [0.2, 0.25) is 0 Å². The first-order chi connectivity index (χ1) is 7.06. The third-order valence-corrected chi connectivity index (χ3v) is 2.11. The molecule has 5 heteroatoms. The number of nitrogens with zero attached hydrogens (tertiary/aromatic N) is 1. The predicted octanol–water partition coefficient (Wildman–Crippen LogP) is 1.70. The molecule has 5 nitrogen and oxygen atoms in total. The van der Waals surface area contributed by atoms with Gasteiger partial charge in [0, 0.05) is 12.1 Å². The van der Waals surface area contributed by atoms with Gasteiger partial charge >= 0.3 is 0 Å². The number of benzene rings is 1. The van der Waals surface area contributed by atoms with Crippen LogP contribution in [-0.2, 0) is 0 Å². The summed E-state index contributed by atoms with van der Waals surface area (Å²) in [5.74, 6) is 0. The van der Waals surface area contributed by atoms with Gasteiger partial charge in [0.2, 0.25) is 0 Å². The van der Waals surface area contributed by atoms with E-state index < -0.39 is 4.92 Å². The van der Waals surface area contributed by atoms with Gasteiger partial charge in [-0.1, -0.05) is 12.1 Å². The van der Waals surface area contributed by atoms with Gasteiger partial charge in [0.1, 0.15) is 5.69 Å². The lowest BCUT2D eigenvalue weighted by Gasteiger charge is -2.14. The van der Waals surface area contributed by atoms with Gasteiger partial charge in [0.15, 0.2) is 0 Å². The van der Waals surface area contributed by atoms with Crippen molar-refractivity contribution in [1.82, 2.24) is 0 Å². The molecule has 0 aromatic heterocycles. The van der Waals surface area contributed by atoms with E-state index in [-0.39, 0.29) is 18.3 Å². The van der Waals surface area contributed by atoms with Crippen molar-refractivity contribution in [3.8, 4) is 0 Å². The average Bonchev–Trinajstić information content (AvgIpc) is 2.20. The number of para-hydroxylation sites is 1. The predicted molar refractivity (Wildman–Crippen MR) is 58.0 cm³/mol. The second-order valence-electron chi connectivity index (χ2n) is 3.45. The number of nitrogens with one attached hydrogen (secondary N) is 1. The number of hydrogen-bond acceptors (Lipinski definition) is 4. The second-order valence-corrected chi connectivity index (χ2v) is 3.45. The molecule has 0 aliphatic rings. The Labute approximate surface area is 87.9 Å². The van der Waals surface area contributed by atoms with Crippen LogP contribution in [-0.4, -0.2) is 22.7 Å². The highest BCUT2D eigenvalue weighted by Gasteiger charge is 2.16. The van der Waals surface area contributed by atoms with E-state index in [0.717, 1.165) is 5.56 Å². The van der Waals surface area contributed by atoms with Crippen molar-refractivity contribution >= 4 is 11.4 Å². The summed E-state index contributed by atoms with van der Waals surface area (Å²) in [6.07, 6.45) is 0. The van der Waals surface area contributed by atoms with Crippen LogP contribution in [0, 0.1) is 17.0 Å². The standard InChI is InChI=1S/C10H14N2O3/c1-7-4-3-5-9(12(14)15)10(7)11-8(2)6-13/h3-5,8,11,13H,6H2,1-2H3. The third kappa shape index (κ3) is 2.66. The quantitative estimate of drug-likeness (QED) is 0.585. The van der Waals surface area contributed by atoms with E-state index in [1.165, 1.54) is 6.07 Å². The first-order valence-corrected chi connectivity index (χ1v) is 4.67. The lowest BCUT2D eigenvalue weighted by Crippen LogP contribution is -2.20.